The zero-order chi connectivity index (χ0) is 11.3. The summed E-state index contributed by atoms with van der Waals surface area (Å²) in [5, 5.41) is 0. The van der Waals surface area contributed by atoms with Gasteiger partial charge in [-0.25, -0.2) is 0 Å². The summed E-state index contributed by atoms with van der Waals surface area (Å²) in [5.41, 5.74) is 6.93. The molecular formula is C12H18N2O. The molecule has 0 saturated heterocycles. The number of rotatable bonds is 5. The molecule has 1 aromatic rings. The fourth-order valence-corrected chi connectivity index (χ4v) is 1.65. The number of aromatic nitrogens is 1. The van der Waals surface area contributed by atoms with Crippen LogP contribution in [0.3, 0.4) is 0 Å². The van der Waals surface area contributed by atoms with Crippen LogP contribution in [-0.2, 0) is 6.54 Å². The number of hydrogen-bond donors (Lipinski definition) is 1. The topological polar surface area (TPSA) is 56.0 Å². The molecular weight excluding hydrogens is 188 g/mol. The molecule has 0 spiro atoms. The van der Waals surface area contributed by atoms with Crippen LogP contribution >= 0.6 is 0 Å². The van der Waals surface area contributed by atoms with Crippen LogP contribution in [0.5, 0.6) is 0 Å². The highest BCUT2D eigenvalue weighted by atomic mass is 16.1. The third-order valence-corrected chi connectivity index (χ3v) is 2.52. The molecule has 1 aromatic heterocycles. The van der Waals surface area contributed by atoms with E-state index in [1.54, 1.807) is 12.3 Å². The quantitative estimate of drug-likeness (QED) is 0.751. The summed E-state index contributed by atoms with van der Waals surface area (Å²) in [5.74, 6) is 0.218. The number of Topliss-reactive ketones (excluding diaryl/α,β-unsaturated/α-hetero) is 1. The van der Waals surface area contributed by atoms with Gasteiger partial charge in [-0.1, -0.05) is 20.3 Å². The summed E-state index contributed by atoms with van der Waals surface area (Å²) < 4.78 is 0. The standard InChI is InChI=1S/C12H18N2O/c1-3-5-9(2)12(15)10-6-4-7-14-11(10)8-13/h4,6-7,9H,3,5,8,13H2,1-2H3. The van der Waals surface area contributed by atoms with E-state index in [0.29, 0.717) is 17.8 Å². The zero-order valence-electron chi connectivity index (χ0n) is 9.36. The van der Waals surface area contributed by atoms with Gasteiger partial charge in [0.1, 0.15) is 0 Å². The number of carbonyl (C=O) groups is 1. The Labute approximate surface area is 90.7 Å². The Balaban J connectivity index is 2.90. The number of hydrogen-bond acceptors (Lipinski definition) is 3. The van der Waals surface area contributed by atoms with Crippen molar-refractivity contribution in [2.75, 3.05) is 0 Å². The molecule has 0 aliphatic heterocycles. The van der Waals surface area contributed by atoms with Crippen LogP contribution in [0.2, 0.25) is 0 Å². The lowest BCUT2D eigenvalue weighted by molar-refractivity contribution is 0.0922. The predicted molar refractivity (Wildman–Crippen MR) is 60.5 cm³/mol. The molecule has 0 saturated carbocycles. The molecule has 3 nitrogen and oxygen atoms in total. The van der Waals surface area contributed by atoms with Crippen LogP contribution < -0.4 is 5.73 Å². The molecule has 1 unspecified atom stereocenters. The van der Waals surface area contributed by atoms with Gasteiger partial charge in [0.15, 0.2) is 5.78 Å². The van der Waals surface area contributed by atoms with E-state index < -0.39 is 0 Å². The van der Waals surface area contributed by atoms with E-state index in [-0.39, 0.29) is 11.7 Å². The highest BCUT2D eigenvalue weighted by Crippen LogP contribution is 2.15. The van der Waals surface area contributed by atoms with Crippen molar-refractivity contribution in [2.24, 2.45) is 11.7 Å². The van der Waals surface area contributed by atoms with Crippen LogP contribution in [-0.4, -0.2) is 10.8 Å². The average molecular weight is 206 g/mol. The average Bonchev–Trinajstić information content (AvgIpc) is 2.28. The van der Waals surface area contributed by atoms with Crippen LogP contribution in [0.25, 0.3) is 0 Å². The van der Waals surface area contributed by atoms with Crippen LogP contribution in [0.15, 0.2) is 18.3 Å². The summed E-state index contributed by atoms with van der Waals surface area (Å²) >= 11 is 0. The molecule has 1 heterocycles. The largest absolute Gasteiger partial charge is 0.325 e. The van der Waals surface area contributed by atoms with Crippen molar-refractivity contribution >= 4 is 5.78 Å². The third-order valence-electron chi connectivity index (χ3n) is 2.52. The molecule has 0 radical (unpaired) electrons. The third kappa shape index (κ3) is 2.86. The maximum atomic E-state index is 12.0. The summed E-state index contributed by atoms with van der Waals surface area (Å²) in [6.07, 6.45) is 3.60. The van der Waals surface area contributed by atoms with Gasteiger partial charge in [0, 0.05) is 24.2 Å². The first-order valence-corrected chi connectivity index (χ1v) is 5.38. The summed E-state index contributed by atoms with van der Waals surface area (Å²) in [6, 6.07) is 3.59. The normalized spacial score (nSPS) is 12.5. The van der Waals surface area contributed by atoms with Gasteiger partial charge in [-0.05, 0) is 18.6 Å². The predicted octanol–water partition coefficient (Wildman–Crippen LogP) is 2.16. The van der Waals surface area contributed by atoms with Crippen LogP contribution in [0, 0.1) is 5.92 Å². The van der Waals surface area contributed by atoms with Gasteiger partial charge in [0.05, 0.1) is 5.69 Å². The van der Waals surface area contributed by atoms with E-state index in [4.69, 9.17) is 5.73 Å². The molecule has 0 bridgehead atoms. The monoisotopic (exact) mass is 206 g/mol. The van der Waals surface area contributed by atoms with Crippen LogP contribution in [0.1, 0.15) is 42.7 Å². The maximum Gasteiger partial charge on any atom is 0.167 e. The van der Waals surface area contributed by atoms with Crippen molar-refractivity contribution < 1.29 is 4.79 Å². The molecule has 0 amide bonds. The number of carbonyl (C=O) groups excluding carboxylic acids is 1. The van der Waals surface area contributed by atoms with Crippen LogP contribution in [0.4, 0.5) is 0 Å². The minimum Gasteiger partial charge on any atom is -0.325 e. The lowest BCUT2D eigenvalue weighted by atomic mass is 9.94. The first-order chi connectivity index (χ1) is 7.20. The molecule has 82 valence electrons. The molecule has 0 fully saturated rings. The van der Waals surface area contributed by atoms with Gasteiger partial charge >= 0.3 is 0 Å². The second kappa shape index (κ2) is 5.61. The molecule has 0 aromatic carbocycles. The van der Waals surface area contributed by atoms with E-state index in [9.17, 15) is 4.79 Å². The van der Waals surface area contributed by atoms with Crippen molar-refractivity contribution in [3.05, 3.63) is 29.6 Å². The highest BCUT2D eigenvalue weighted by molar-refractivity contribution is 5.98. The number of nitrogens with zero attached hydrogens (tertiary/aromatic N) is 1. The lowest BCUT2D eigenvalue weighted by Gasteiger charge is -2.11. The van der Waals surface area contributed by atoms with Gasteiger partial charge in [0.25, 0.3) is 0 Å². The number of pyridine rings is 1. The second-order valence-electron chi connectivity index (χ2n) is 3.76. The fraction of sp³-hybridized carbons (Fsp3) is 0.500. The Morgan fingerprint density at radius 2 is 2.33 bits per heavy atom. The molecule has 1 rings (SSSR count). The molecule has 0 aliphatic carbocycles. The Hall–Kier alpha value is -1.22. The Kier molecular flexibility index (Phi) is 4.43. The zero-order valence-corrected chi connectivity index (χ0v) is 9.36. The Morgan fingerprint density at radius 3 is 2.93 bits per heavy atom. The maximum absolute atomic E-state index is 12.0. The van der Waals surface area contributed by atoms with Crippen molar-refractivity contribution in [1.82, 2.24) is 4.98 Å². The number of ketones is 1. The van der Waals surface area contributed by atoms with Crippen molar-refractivity contribution in [3.63, 3.8) is 0 Å². The molecule has 0 aliphatic rings. The van der Waals surface area contributed by atoms with Crippen molar-refractivity contribution in [2.45, 2.75) is 33.2 Å². The van der Waals surface area contributed by atoms with Gasteiger partial charge in [-0.3, -0.25) is 9.78 Å². The lowest BCUT2D eigenvalue weighted by Crippen LogP contribution is -2.15. The summed E-state index contributed by atoms with van der Waals surface area (Å²) in [4.78, 5) is 16.1. The van der Waals surface area contributed by atoms with E-state index in [0.717, 1.165) is 12.8 Å². The first-order valence-electron chi connectivity index (χ1n) is 5.38. The minimum atomic E-state index is 0.0597. The number of nitrogens with two attached hydrogens (primary N) is 1. The van der Waals surface area contributed by atoms with Crippen molar-refractivity contribution in [1.29, 1.82) is 0 Å². The molecule has 1 atom stereocenters. The van der Waals surface area contributed by atoms with E-state index in [1.807, 2.05) is 13.0 Å². The molecule has 2 N–H and O–H groups in total. The summed E-state index contributed by atoms with van der Waals surface area (Å²) in [7, 11) is 0. The van der Waals surface area contributed by atoms with Gasteiger partial charge in [-0.2, -0.15) is 0 Å². The first kappa shape index (κ1) is 11.9. The second-order valence-corrected chi connectivity index (χ2v) is 3.76. The van der Waals surface area contributed by atoms with Gasteiger partial charge < -0.3 is 5.73 Å². The fourth-order valence-electron chi connectivity index (χ4n) is 1.65. The van der Waals surface area contributed by atoms with Gasteiger partial charge in [-0.15, -0.1) is 0 Å². The van der Waals surface area contributed by atoms with E-state index in [1.165, 1.54) is 0 Å². The summed E-state index contributed by atoms with van der Waals surface area (Å²) in [6.45, 7) is 4.36. The molecule has 15 heavy (non-hydrogen) atoms. The Morgan fingerprint density at radius 1 is 1.60 bits per heavy atom. The van der Waals surface area contributed by atoms with Crippen molar-refractivity contribution in [3.8, 4) is 0 Å². The SMILES string of the molecule is CCCC(C)C(=O)c1cccnc1CN. The Bertz CT molecular complexity index is 336. The van der Waals surface area contributed by atoms with E-state index in [2.05, 4.69) is 11.9 Å². The van der Waals surface area contributed by atoms with E-state index >= 15 is 0 Å². The smallest absolute Gasteiger partial charge is 0.167 e. The highest BCUT2D eigenvalue weighted by Gasteiger charge is 2.17. The minimum absolute atomic E-state index is 0.0597. The van der Waals surface area contributed by atoms with Gasteiger partial charge in [0.2, 0.25) is 0 Å². The molecule has 3 heteroatoms.